The maximum atomic E-state index is 12.2. The lowest BCUT2D eigenvalue weighted by Crippen LogP contribution is -2.51. The van der Waals surface area contributed by atoms with Crippen LogP contribution in [0.4, 0.5) is 0 Å². The number of rotatable bonds is 3. The second-order valence-electron chi connectivity index (χ2n) is 6.35. The van der Waals surface area contributed by atoms with Crippen molar-refractivity contribution in [3.63, 3.8) is 0 Å². The Labute approximate surface area is 106 Å². The second kappa shape index (κ2) is 5.24. The summed E-state index contributed by atoms with van der Waals surface area (Å²) in [5, 5.41) is 0. The van der Waals surface area contributed by atoms with Gasteiger partial charge in [0.05, 0.1) is 5.75 Å². The van der Waals surface area contributed by atoms with Crippen LogP contribution in [0, 0.1) is 5.41 Å². The molecular formula is C12H26N2O2S. The fraction of sp³-hybridized carbons (Fsp3) is 1.00. The van der Waals surface area contributed by atoms with Gasteiger partial charge in [0.25, 0.3) is 0 Å². The Kier molecular flexibility index (Phi) is 4.60. The van der Waals surface area contributed by atoms with Gasteiger partial charge in [0.2, 0.25) is 10.0 Å². The number of hydrogen-bond acceptors (Lipinski definition) is 3. The van der Waals surface area contributed by atoms with Crippen LogP contribution in [0.25, 0.3) is 0 Å². The van der Waals surface area contributed by atoms with Gasteiger partial charge >= 0.3 is 0 Å². The highest BCUT2D eigenvalue weighted by atomic mass is 32.2. The first-order chi connectivity index (χ1) is 7.62. The van der Waals surface area contributed by atoms with Gasteiger partial charge in [-0.05, 0) is 19.3 Å². The largest absolute Gasteiger partial charge is 0.298 e. The average Bonchev–Trinajstić information content (AvgIpc) is 2.14. The van der Waals surface area contributed by atoms with Crippen molar-refractivity contribution in [1.29, 1.82) is 0 Å². The van der Waals surface area contributed by atoms with E-state index in [1.165, 1.54) is 0 Å². The van der Waals surface area contributed by atoms with Crippen molar-refractivity contribution in [1.82, 2.24) is 9.21 Å². The molecule has 0 N–H and O–H groups in total. The Balaban J connectivity index is 2.59. The zero-order chi connectivity index (χ0) is 13.3. The van der Waals surface area contributed by atoms with E-state index >= 15 is 0 Å². The van der Waals surface area contributed by atoms with Gasteiger partial charge in [-0.15, -0.1) is 0 Å². The molecule has 1 fully saturated rings. The highest BCUT2D eigenvalue weighted by Gasteiger charge is 2.31. The molecule has 0 radical (unpaired) electrons. The summed E-state index contributed by atoms with van der Waals surface area (Å²) in [6.07, 6.45) is 0. The van der Waals surface area contributed by atoms with Crippen LogP contribution in [0.1, 0.15) is 34.6 Å². The smallest absolute Gasteiger partial charge is 0.214 e. The van der Waals surface area contributed by atoms with Crippen LogP contribution in [-0.4, -0.2) is 55.6 Å². The summed E-state index contributed by atoms with van der Waals surface area (Å²) in [5.74, 6) is 0.238. The summed E-state index contributed by atoms with van der Waals surface area (Å²) in [7, 11) is -3.08. The minimum atomic E-state index is -3.08. The molecule has 1 rings (SSSR count). The molecule has 1 aliphatic rings. The van der Waals surface area contributed by atoms with Gasteiger partial charge in [-0.3, -0.25) is 4.90 Å². The molecule has 0 aliphatic carbocycles. The van der Waals surface area contributed by atoms with Crippen LogP contribution in [0.5, 0.6) is 0 Å². The molecule has 0 atom stereocenters. The van der Waals surface area contributed by atoms with E-state index < -0.39 is 10.0 Å². The minimum Gasteiger partial charge on any atom is -0.298 e. The maximum Gasteiger partial charge on any atom is 0.214 e. The van der Waals surface area contributed by atoms with E-state index in [9.17, 15) is 8.42 Å². The fourth-order valence-corrected chi connectivity index (χ4v) is 4.13. The van der Waals surface area contributed by atoms with Crippen molar-refractivity contribution in [3.05, 3.63) is 0 Å². The Morgan fingerprint density at radius 3 is 1.88 bits per heavy atom. The first-order valence-corrected chi connectivity index (χ1v) is 7.95. The van der Waals surface area contributed by atoms with Gasteiger partial charge in [-0.2, -0.15) is 4.31 Å². The Hall–Kier alpha value is -0.130. The lowest BCUT2D eigenvalue weighted by atomic mass is 10.0. The molecule has 1 aliphatic heterocycles. The SMILES string of the molecule is CC(C)N1CCN(S(=O)(=O)CC(C)(C)C)CC1. The molecule has 0 aromatic carbocycles. The molecule has 0 unspecified atom stereocenters. The molecule has 102 valence electrons. The number of piperazine rings is 1. The Bertz CT molecular complexity index is 336. The molecule has 0 aromatic heterocycles. The van der Waals surface area contributed by atoms with Crippen LogP contribution in [0.15, 0.2) is 0 Å². The zero-order valence-corrected chi connectivity index (χ0v) is 12.5. The summed E-state index contributed by atoms with van der Waals surface area (Å²) in [5.41, 5.74) is -0.173. The van der Waals surface area contributed by atoms with Crippen LogP contribution in [-0.2, 0) is 10.0 Å². The van der Waals surface area contributed by atoms with Crippen molar-refractivity contribution in [2.75, 3.05) is 31.9 Å². The van der Waals surface area contributed by atoms with Crippen molar-refractivity contribution >= 4 is 10.0 Å². The lowest BCUT2D eigenvalue weighted by molar-refractivity contribution is 0.153. The summed E-state index contributed by atoms with van der Waals surface area (Å²) in [6, 6.07) is 0.502. The van der Waals surface area contributed by atoms with Crippen molar-refractivity contribution in [2.45, 2.75) is 40.7 Å². The third kappa shape index (κ3) is 4.56. The topological polar surface area (TPSA) is 40.6 Å². The summed E-state index contributed by atoms with van der Waals surface area (Å²) >= 11 is 0. The van der Waals surface area contributed by atoms with E-state index in [1.54, 1.807) is 4.31 Å². The zero-order valence-electron chi connectivity index (χ0n) is 11.7. The predicted octanol–water partition coefficient (Wildman–Crippen LogP) is 1.39. The van der Waals surface area contributed by atoms with Crippen LogP contribution in [0.3, 0.4) is 0 Å². The van der Waals surface area contributed by atoms with Gasteiger partial charge in [-0.25, -0.2) is 8.42 Å². The number of sulfonamides is 1. The average molecular weight is 262 g/mol. The van der Waals surface area contributed by atoms with Gasteiger partial charge in [0.1, 0.15) is 0 Å². The summed E-state index contributed by atoms with van der Waals surface area (Å²) in [4.78, 5) is 2.32. The molecule has 1 heterocycles. The number of hydrogen-bond donors (Lipinski definition) is 0. The van der Waals surface area contributed by atoms with E-state index in [1.807, 2.05) is 20.8 Å². The van der Waals surface area contributed by atoms with Gasteiger partial charge < -0.3 is 0 Å². The van der Waals surface area contributed by atoms with E-state index in [0.717, 1.165) is 13.1 Å². The molecule has 0 bridgehead atoms. The van der Waals surface area contributed by atoms with Crippen LogP contribution in [0.2, 0.25) is 0 Å². The fourth-order valence-electron chi connectivity index (χ4n) is 2.14. The van der Waals surface area contributed by atoms with Gasteiger partial charge in [-0.1, -0.05) is 20.8 Å². The normalized spacial score (nSPS) is 21.1. The number of nitrogens with zero attached hydrogens (tertiary/aromatic N) is 2. The van der Waals surface area contributed by atoms with E-state index in [4.69, 9.17) is 0 Å². The molecule has 0 saturated carbocycles. The quantitative estimate of drug-likeness (QED) is 0.772. The first kappa shape index (κ1) is 14.9. The summed E-state index contributed by atoms with van der Waals surface area (Å²) in [6.45, 7) is 13.2. The Morgan fingerprint density at radius 1 is 1.06 bits per heavy atom. The van der Waals surface area contributed by atoms with Crippen molar-refractivity contribution < 1.29 is 8.42 Å². The molecule has 4 nitrogen and oxygen atoms in total. The van der Waals surface area contributed by atoms with Crippen LogP contribution < -0.4 is 0 Å². The molecular weight excluding hydrogens is 236 g/mol. The Morgan fingerprint density at radius 2 is 1.53 bits per heavy atom. The lowest BCUT2D eigenvalue weighted by Gasteiger charge is -2.37. The molecule has 1 saturated heterocycles. The maximum absolute atomic E-state index is 12.2. The third-order valence-corrected chi connectivity index (χ3v) is 5.40. The van der Waals surface area contributed by atoms with E-state index in [-0.39, 0.29) is 11.2 Å². The highest BCUT2D eigenvalue weighted by molar-refractivity contribution is 7.89. The molecule has 0 spiro atoms. The molecule has 5 heteroatoms. The monoisotopic (exact) mass is 262 g/mol. The van der Waals surface area contributed by atoms with Crippen molar-refractivity contribution in [2.24, 2.45) is 5.41 Å². The van der Waals surface area contributed by atoms with E-state index in [2.05, 4.69) is 18.7 Å². The van der Waals surface area contributed by atoms with Crippen molar-refractivity contribution in [3.8, 4) is 0 Å². The van der Waals surface area contributed by atoms with Gasteiger partial charge in [0, 0.05) is 32.2 Å². The molecule has 0 aromatic rings. The van der Waals surface area contributed by atoms with Crippen LogP contribution >= 0.6 is 0 Å². The first-order valence-electron chi connectivity index (χ1n) is 6.34. The molecule has 0 amide bonds. The standard InChI is InChI=1S/C12H26N2O2S/c1-11(2)13-6-8-14(9-7-13)17(15,16)10-12(3,4)5/h11H,6-10H2,1-5H3. The molecule has 17 heavy (non-hydrogen) atoms. The summed E-state index contributed by atoms with van der Waals surface area (Å²) < 4.78 is 26.0. The second-order valence-corrected chi connectivity index (χ2v) is 8.31. The van der Waals surface area contributed by atoms with Gasteiger partial charge in [0.15, 0.2) is 0 Å². The minimum absolute atomic E-state index is 0.173. The predicted molar refractivity (Wildman–Crippen MR) is 71.5 cm³/mol. The van der Waals surface area contributed by atoms with E-state index in [0.29, 0.717) is 19.1 Å². The third-order valence-electron chi connectivity index (χ3n) is 3.01. The highest BCUT2D eigenvalue weighted by Crippen LogP contribution is 2.20.